The van der Waals surface area contributed by atoms with E-state index in [2.05, 4.69) is 5.32 Å². The van der Waals surface area contributed by atoms with Crippen LogP contribution in [0.15, 0.2) is 66.7 Å². The topological polar surface area (TPSA) is 108 Å². The van der Waals surface area contributed by atoms with Crippen LogP contribution in [0.5, 0.6) is 0 Å². The molecular weight excluding hydrogens is 473 g/mol. The Balaban J connectivity index is 1.57. The van der Waals surface area contributed by atoms with Gasteiger partial charge in [-0.25, -0.2) is 9.07 Å². The van der Waals surface area contributed by atoms with Crippen LogP contribution in [0.3, 0.4) is 0 Å². The molecule has 3 aromatic carbocycles. The predicted molar refractivity (Wildman–Crippen MR) is 130 cm³/mol. The number of carbonyl (C=O) groups is 1. The van der Waals surface area contributed by atoms with E-state index in [1.165, 1.54) is 12.1 Å². The number of benzene rings is 3. The first-order valence-corrected chi connectivity index (χ1v) is 11.6. The van der Waals surface area contributed by atoms with Gasteiger partial charge in [0.25, 0.3) is 5.91 Å². The van der Waals surface area contributed by atoms with Crippen LogP contribution < -0.4 is 5.32 Å². The minimum absolute atomic E-state index is 0.261. The molecule has 9 heteroatoms. The minimum atomic E-state index is -1.17. The Bertz CT molecular complexity index is 1390. The first-order valence-electron chi connectivity index (χ1n) is 11.2. The predicted octanol–water partition coefficient (Wildman–Crippen LogP) is 3.32. The van der Waals surface area contributed by atoms with Gasteiger partial charge in [0.2, 0.25) is 0 Å². The first-order chi connectivity index (χ1) is 16.9. The zero-order valence-corrected chi connectivity index (χ0v) is 19.2. The second-order valence-corrected chi connectivity index (χ2v) is 9.10. The van der Waals surface area contributed by atoms with E-state index in [0.29, 0.717) is 27.5 Å². The lowest BCUT2D eigenvalue weighted by atomic mass is 10.1. The van der Waals surface area contributed by atoms with E-state index in [1.54, 1.807) is 41.1 Å². The van der Waals surface area contributed by atoms with Gasteiger partial charge in [-0.2, -0.15) is 5.10 Å². The lowest BCUT2D eigenvalue weighted by Gasteiger charge is -2.18. The molecular formula is C26H23ClFN3O4. The van der Waals surface area contributed by atoms with Gasteiger partial charge in [0, 0.05) is 29.0 Å². The van der Waals surface area contributed by atoms with Crippen LogP contribution >= 0.6 is 11.6 Å². The van der Waals surface area contributed by atoms with E-state index in [0.717, 1.165) is 10.9 Å². The van der Waals surface area contributed by atoms with Crippen LogP contribution in [-0.4, -0.2) is 55.9 Å². The molecule has 180 valence electrons. The Morgan fingerprint density at radius 3 is 2.51 bits per heavy atom. The summed E-state index contributed by atoms with van der Waals surface area (Å²) in [4.78, 5) is 13.0. The maximum atomic E-state index is 13.6. The van der Waals surface area contributed by atoms with Gasteiger partial charge in [-0.1, -0.05) is 29.8 Å². The number of nitrogens with zero attached hydrogens (tertiary/aromatic N) is 2. The number of hydrogen-bond donors (Lipinski definition) is 4. The molecule has 1 aliphatic rings. The van der Waals surface area contributed by atoms with Crippen molar-refractivity contribution in [3.63, 3.8) is 0 Å². The Morgan fingerprint density at radius 2 is 1.83 bits per heavy atom. The normalized spacial score (nSPS) is 22.0. The molecule has 1 amide bonds. The molecule has 1 aliphatic carbocycles. The first kappa shape index (κ1) is 23.4. The molecule has 7 nitrogen and oxygen atoms in total. The number of aliphatic hydroxyl groups is 3. The molecule has 0 spiro atoms. The summed E-state index contributed by atoms with van der Waals surface area (Å²) in [6.07, 6.45) is -2.01. The second kappa shape index (κ2) is 9.39. The van der Waals surface area contributed by atoms with Crippen LogP contribution in [0.1, 0.15) is 16.8 Å². The lowest BCUT2D eigenvalue weighted by Crippen LogP contribution is -2.43. The van der Waals surface area contributed by atoms with E-state index in [-0.39, 0.29) is 18.8 Å². The van der Waals surface area contributed by atoms with Gasteiger partial charge in [-0.3, -0.25) is 4.79 Å². The largest absolute Gasteiger partial charge is 0.396 e. The fraction of sp³-hybridized carbons (Fsp3) is 0.231. The number of aromatic nitrogens is 2. The third-order valence-corrected chi connectivity index (χ3v) is 6.83. The average molecular weight is 496 g/mol. The number of halogens is 2. The average Bonchev–Trinajstić information content (AvgIpc) is 3.37. The minimum Gasteiger partial charge on any atom is -0.396 e. The Kier molecular flexibility index (Phi) is 6.29. The van der Waals surface area contributed by atoms with Gasteiger partial charge >= 0.3 is 0 Å². The molecule has 5 rings (SSSR count). The molecule has 4 aromatic rings. The van der Waals surface area contributed by atoms with Crippen molar-refractivity contribution in [2.45, 2.75) is 24.7 Å². The number of amides is 1. The third kappa shape index (κ3) is 4.30. The van der Waals surface area contributed by atoms with Gasteiger partial charge in [0.05, 0.1) is 28.4 Å². The summed E-state index contributed by atoms with van der Waals surface area (Å²) in [5.41, 5.74) is 2.87. The number of rotatable bonds is 5. The van der Waals surface area contributed by atoms with Crippen molar-refractivity contribution >= 4 is 28.4 Å². The zero-order valence-electron chi connectivity index (χ0n) is 18.5. The maximum Gasteiger partial charge on any atom is 0.251 e. The SMILES string of the molecule is O=C(NC1CC(CO)C(O)C1O)c1ccc2c(-c3ccccc3Cl)nn(-c3ccc(F)cc3)c2c1. The maximum absolute atomic E-state index is 13.6. The fourth-order valence-corrected chi connectivity index (χ4v) is 4.81. The van der Waals surface area contributed by atoms with Crippen molar-refractivity contribution in [2.75, 3.05) is 6.61 Å². The standard InChI is InChI=1S/C26H23ClFN3O4/c27-20-4-2-1-3-18(20)23-19-10-5-14(26(35)29-21-11-15(13-32)24(33)25(21)34)12-22(19)31(30-23)17-8-6-16(28)7-9-17/h1-10,12,15,21,24-25,32-34H,11,13H2,(H,29,35). The summed E-state index contributed by atoms with van der Waals surface area (Å²) in [6, 6.07) is 17.5. The Hall–Kier alpha value is -3.30. The monoisotopic (exact) mass is 495 g/mol. The van der Waals surface area contributed by atoms with E-state index in [1.807, 2.05) is 18.2 Å². The Morgan fingerprint density at radius 1 is 1.09 bits per heavy atom. The molecule has 0 aliphatic heterocycles. The highest BCUT2D eigenvalue weighted by molar-refractivity contribution is 6.33. The van der Waals surface area contributed by atoms with Crippen LogP contribution in [0.4, 0.5) is 4.39 Å². The molecule has 1 saturated carbocycles. The molecule has 0 bridgehead atoms. The summed E-state index contributed by atoms with van der Waals surface area (Å²) >= 11 is 6.44. The number of fused-ring (bicyclic) bond motifs is 1. The lowest BCUT2D eigenvalue weighted by molar-refractivity contribution is 0.000136. The van der Waals surface area contributed by atoms with Gasteiger partial charge in [0.15, 0.2) is 0 Å². The number of carbonyl (C=O) groups excluding carboxylic acids is 1. The van der Waals surface area contributed by atoms with E-state index in [9.17, 15) is 24.5 Å². The summed E-state index contributed by atoms with van der Waals surface area (Å²) in [6.45, 7) is -0.280. The molecule has 1 aromatic heterocycles. The highest BCUT2D eigenvalue weighted by Gasteiger charge is 2.41. The Labute approximate surface area is 205 Å². The van der Waals surface area contributed by atoms with Crippen molar-refractivity contribution < 1.29 is 24.5 Å². The quantitative estimate of drug-likeness (QED) is 0.340. The summed E-state index contributed by atoms with van der Waals surface area (Å²) in [5, 5.41) is 38.5. The van der Waals surface area contributed by atoms with E-state index in [4.69, 9.17) is 16.7 Å². The molecule has 1 fully saturated rings. The summed E-state index contributed by atoms with van der Waals surface area (Å²) in [5.74, 6) is -1.32. The van der Waals surface area contributed by atoms with Crippen molar-refractivity contribution in [3.05, 3.63) is 83.1 Å². The van der Waals surface area contributed by atoms with E-state index < -0.39 is 30.1 Å². The molecule has 1 heterocycles. The van der Waals surface area contributed by atoms with Crippen LogP contribution in [-0.2, 0) is 0 Å². The van der Waals surface area contributed by atoms with Gasteiger partial charge in [-0.15, -0.1) is 0 Å². The summed E-state index contributed by atoms with van der Waals surface area (Å²) in [7, 11) is 0. The van der Waals surface area contributed by atoms with Crippen molar-refractivity contribution in [1.82, 2.24) is 15.1 Å². The van der Waals surface area contributed by atoms with Crippen molar-refractivity contribution in [2.24, 2.45) is 5.92 Å². The number of hydrogen-bond acceptors (Lipinski definition) is 5. The molecule has 4 atom stereocenters. The highest BCUT2D eigenvalue weighted by Crippen LogP contribution is 2.34. The van der Waals surface area contributed by atoms with E-state index >= 15 is 0 Å². The fourth-order valence-electron chi connectivity index (χ4n) is 4.59. The van der Waals surface area contributed by atoms with Crippen LogP contribution in [0.25, 0.3) is 27.8 Å². The third-order valence-electron chi connectivity index (χ3n) is 6.50. The molecule has 0 saturated heterocycles. The second-order valence-electron chi connectivity index (χ2n) is 8.69. The van der Waals surface area contributed by atoms with Crippen LogP contribution in [0, 0.1) is 11.7 Å². The van der Waals surface area contributed by atoms with Crippen LogP contribution in [0.2, 0.25) is 5.02 Å². The zero-order chi connectivity index (χ0) is 24.7. The van der Waals surface area contributed by atoms with Crippen molar-refractivity contribution in [3.8, 4) is 16.9 Å². The molecule has 35 heavy (non-hydrogen) atoms. The smallest absolute Gasteiger partial charge is 0.251 e. The van der Waals surface area contributed by atoms with Gasteiger partial charge in [0.1, 0.15) is 17.6 Å². The summed E-state index contributed by atoms with van der Waals surface area (Å²) < 4.78 is 15.2. The van der Waals surface area contributed by atoms with Crippen molar-refractivity contribution in [1.29, 1.82) is 0 Å². The highest BCUT2D eigenvalue weighted by atomic mass is 35.5. The van der Waals surface area contributed by atoms with Gasteiger partial charge < -0.3 is 20.6 Å². The molecule has 0 radical (unpaired) electrons. The number of aliphatic hydroxyl groups excluding tert-OH is 3. The molecule has 4 unspecified atom stereocenters. The molecule has 4 N–H and O–H groups in total. The van der Waals surface area contributed by atoms with Gasteiger partial charge in [-0.05, 0) is 55.0 Å². The number of nitrogens with one attached hydrogen (secondary N) is 1.